The van der Waals surface area contributed by atoms with Gasteiger partial charge in [-0.15, -0.1) is 0 Å². The van der Waals surface area contributed by atoms with E-state index in [1.165, 1.54) is 11.1 Å². The van der Waals surface area contributed by atoms with E-state index in [2.05, 4.69) is 62.3 Å². The van der Waals surface area contributed by atoms with Crippen molar-refractivity contribution < 1.29 is 4.42 Å². The van der Waals surface area contributed by atoms with Crippen molar-refractivity contribution in [3.8, 4) is 0 Å². The molecule has 0 spiro atoms. The van der Waals surface area contributed by atoms with Crippen molar-refractivity contribution in [2.24, 2.45) is 0 Å². The fourth-order valence-corrected chi connectivity index (χ4v) is 1.91. The van der Waals surface area contributed by atoms with Gasteiger partial charge in [-0.25, -0.2) is 4.98 Å². The molecule has 0 bridgehead atoms. The summed E-state index contributed by atoms with van der Waals surface area (Å²) in [5.41, 5.74) is 2.71. The highest BCUT2D eigenvalue weighted by molar-refractivity contribution is 5.21. The minimum Gasteiger partial charge on any atom is -0.444 e. The SMILES string of the molecule is Cc1ccc(CCc2cnc(CNC(C)(C)C)o2)cc1. The van der Waals surface area contributed by atoms with Gasteiger partial charge in [0.25, 0.3) is 0 Å². The number of benzene rings is 1. The first-order chi connectivity index (χ1) is 9.42. The maximum Gasteiger partial charge on any atom is 0.208 e. The molecule has 20 heavy (non-hydrogen) atoms. The van der Waals surface area contributed by atoms with Crippen molar-refractivity contribution in [3.63, 3.8) is 0 Å². The van der Waals surface area contributed by atoms with Gasteiger partial charge in [0.15, 0.2) is 0 Å². The van der Waals surface area contributed by atoms with Gasteiger partial charge in [-0.2, -0.15) is 0 Å². The molecule has 0 atom stereocenters. The molecular formula is C17H24N2O. The Hall–Kier alpha value is -1.61. The van der Waals surface area contributed by atoms with Crippen LogP contribution in [0.15, 0.2) is 34.9 Å². The Balaban J connectivity index is 1.85. The lowest BCUT2D eigenvalue weighted by atomic mass is 10.1. The van der Waals surface area contributed by atoms with Crippen LogP contribution in [0.2, 0.25) is 0 Å². The van der Waals surface area contributed by atoms with Crippen molar-refractivity contribution in [2.45, 2.75) is 52.6 Å². The van der Waals surface area contributed by atoms with Crippen LogP contribution in [0.5, 0.6) is 0 Å². The summed E-state index contributed by atoms with van der Waals surface area (Å²) in [6.45, 7) is 9.18. The molecule has 2 rings (SSSR count). The summed E-state index contributed by atoms with van der Waals surface area (Å²) in [5.74, 6) is 1.72. The Morgan fingerprint density at radius 2 is 1.80 bits per heavy atom. The van der Waals surface area contributed by atoms with Gasteiger partial charge in [0.05, 0.1) is 12.7 Å². The molecule has 3 nitrogen and oxygen atoms in total. The van der Waals surface area contributed by atoms with E-state index in [1.54, 1.807) is 0 Å². The highest BCUT2D eigenvalue weighted by Crippen LogP contribution is 2.11. The second-order valence-corrected chi connectivity index (χ2v) is 6.31. The smallest absolute Gasteiger partial charge is 0.208 e. The lowest BCUT2D eigenvalue weighted by Gasteiger charge is -2.18. The van der Waals surface area contributed by atoms with Crippen molar-refractivity contribution in [1.29, 1.82) is 0 Å². The Morgan fingerprint density at radius 3 is 2.45 bits per heavy atom. The van der Waals surface area contributed by atoms with Crippen molar-refractivity contribution >= 4 is 0 Å². The Kier molecular flexibility index (Phi) is 4.61. The van der Waals surface area contributed by atoms with Gasteiger partial charge in [-0.3, -0.25) is 0 Å². The van der Waals surface area contributed by atoms with Gasteiger partial charge < -0.3 is 9.73 Å². The topological polar surface area (TPSA) is 38.1 Å². The molecule has 0 aliphatic rings. The maximum atomic E-state index is 5.75. The molecule has 0 aliphatic carbocycles. The molecule has 108 valence electrons. The highest BCUT2D eigenvalue weighted by atomic mass is 16.4. The summed E-state index contributed by atoms with van der Waals surface area (Å²) in [5, 5.41) is 3.38. The van der Waals surface area contributed by atoms with Crippen molar-refractivity contribution in [3.05, 3.63) is 53.2 Å². The van der Waals surface area contributed by atoms with Gasteiger partial charge in [0.2, 0.25) is 5.89 Å². The second-order valence-electron chi connectivity index (χ2n) is 6.31. The number of nitrogens with one attached hydrogen (secondary N) is 1. The average Bonchev–Trinajstić information content (AvgIpc) is 2.83. The van der Waals surface area contributed by atoms with Crippen LogP contribution in [0.3, 0.4) is 0 Å². The molecule has 0 radical (unpaired) electrons. The second kappa shape index (κ2) is 6.23. The van der Waals surface area contributed by atoms with Gasteiger partial charge in [0, 0.05) is 12.0 Å². The average molecular weight is 272 g/mol. The van der Waals surface area contributed by atoms with E-state index in [9.17, 15) is 0 Å². The van der Waals surface area contributed by atoms with Crippen LogP contribution in [0.1, 0.15) is 43.5 Å². The van der Waals surface area contributed by atoms with Crippen LogP contribution in [0, 0.1) is 6.92 Å². The first-order valence-electron chi connectivity index (χ1n) is 7.16. The van der Waals surface area contributed by atoms with E-state index in [0.717, 1.165) is 24.5 Å². The number of oxazole rings is 1. The molecule has 1 aromatic carbocycles. The van der Waals surface area contributed by atoms with Gasteiger partial charge in [-0.1, -0.05) is 29.8 Å². The van der Waals surface area contributed by atoms with E-state index in [4.69, 9.17) is 4.42 Å². The Labute approximate surface area is 121 Å². The molecule has 0 amide bonds. The zero-order valence-corrected chi connectivity index (χ0v) is 12.9. The van der Waals surface area contributed by atoms with Crippen LogP contribution >= 0.6 is 0 Å². The van der Waals surface area contributed by atoms with Crippen molar-refractivity contribution in [1.82, 2.24) is 10.3 Å². The molecular weight excluding hydrogens is 248 g/mol. The summed E-state index contributed by atoms with van der Waals surface area (Å²) in [4.78, 5) is 4.32. The van der Waals surface area contributed by atoms with Crippen molar-refractivity contribution in [2.75, 3.05) is 0 Å². The molecule has 2 aromatic rings. The minimum absolute atomic E-state index is 0.0799. The van der Waals surface area contributed by atoms with Gasteiger partial charge in [0.1, 0.15) is 5.76 Å². The van der Waals surface area contributed by atoms with E-state index >= 15 is 0 Å². The van der Waals surface area contributed by atoms with E-state index in [0.29, 0.717) is 6.54 Å². The fraction of sp³-hybridized carbons (Fsp3) is 0.471. The predicted molar refractivity (Wildman–Crippen MR) is 81.7 cm³/mol. The van der Waals surface area contributed by atoms with Crippen LogP contribution in [0.25, 0.3) is 0 Å². The summed E-state index contributed by atoms with van der Waals surface area (Å²) in [7, 11) is 0. The van der Waals surface area contributed by atoms with Crippen LogP contribution in [-0.2, 0) is 19.4 Å². The Bertz CT molecular complexity index is 535. The maximum absolute atomic E-state index is 5.75. The molecule has 0 unspecified atom stereocenters. The summed E-state index contributed by atoms with van der Waals surface area (Å²) in [6, 6.07) is 8.64. The molecule has 0 fully saturated rings. The number of rotatable bonds is 5. The zero-order chi connectivity index (χ0) is 14.6. The number of nitrogens with zero attached hydrogens (tertiary/aromatic N) is 1. The lowest BCUT2D eigenvalue weighted by molar-refractivity contribution is 0.371. The quantitative estimate of drug-likeness (QED) is 0.902. The number of aromatic nitrogens is 1. The van der Waals surface area contributed by atoms with E-state index in [1.807, 2.05) is 6.20 Å². The van der Waals surface area contributed by atoms with E-state index < -0.39 is 0 Å². The molecule has 1 aromatic heterocycles. The van der Waals surface area contributed by atoms with Crippen LogP contribution in [-0.4, -0.2) is 10.5 Å². The Morgan fingerprint density at radius 1 is 1.10 bits per heavy atom. The monoisotopic (exact) mass is 272 g/mol. The number of hydrogen-bond donors (Lipinski definition) is 1. The summed E-state index contributed by atoms with van der Waals surface area (Å²) < 4.78 is 5.75. The summed E-state index contributed by atoms with van der Waals surface area (Å²) >= 11 is 0. The summed E-state index contributed by atoms with van der Waals surface area (Å²) in [6.07, 6.45) is 3.72. The van der Waals surface area contributed by atoms with Crippen LogP contribution in [0.4, 0.5) is 0 Å². The van der Waals surface area contributed by atoms with Gasteiger partial charge in [-0.05, 0) is 39.7 Å². The number of hydrogen-bond acceptors (Lipinski definition) is 3. The highest BCUT2D eigenvalue weighted by Gasteiger charge is 2.11. The normalized spacial score (nSPS) is 11.8. The molecule has 3 heteroatoms. The first-order valence-corrected chi connectivity index (χ1v) is 7.16. The standard InChI is InChI=1S/C17H24N2O/c1-13-5-7-14(8-6-13)9-10-15-11-18-16(20-15)12-19-17(2,3)4/h5-8,11,19H,9-10,12H2,1-4H3. The molecule has 0 aliphatic heterocycles. The molecule has 1 N–H and O–H groups in total. The largest absolute Gasteiger partial charge is 0.444 e. The molecule has 1 heterocycles. The molecule has 0 saturated carbocycles. The predicted octanol–water partition coefficient (Wildman–Crippen LogP) is 3.66. The third kappa shape index (κ3) is 4.82. The first kappa shape index (κ1) is 14.8. The zero-order valence-electron chi connectivity index (χ0n) is 12.9. The molecule has 0 saturated heterocycles. The minimum atomic E-state index is 0.0799. The lowest BCUT2D eigenvalue weighted by Crippen LogP contribution is -2.35. The third-order valence-corrected chi connectivity index (χ3v) is 3.15. The fourth-order valence-electron chi connectivity index (χ4n) is 1.91. The van der Waals surface area contributed by atoms with Gasteiger partial charge >= 0.3 is 0 Å². The third-order valence-electron chi connectivity index (χ3n) is 3.15. The van der Waals surface area contributed by atoms with Crippen LogP contribution < -0.4 is 5.32 Å². The van der Waals surface area contributed by atoms with E-state index in [-0.39, 0.29) is 5.54 Å². The number of aryl methyl sites for hydroxylation is 3.